The van der Waals surface area contributed by atoms with Crippen LogP contribution in [-0.4, -0.2) is 37.3 Å². The number of hydrogen-bond acceptors (Lipinski definition) is 4. The van der Waals surface area contributed by atoms with Gasteiger partial charge in [-0.15, -0.1) is 0 Å². The van der Waals surface area contributed by atoms with Gasteiger partial charge < -0.3 is 14.8 Å². The molecule has 1 N–H and O–H groups in total. The van der Waals surface area contributed by atoms with Crippen molar-refractivity contribution in [2.24, 2.45) is 0 Å². The summed E-state index contributed by atoms with van der Waals surface area (Å²) in [4.78, 5) is 11.6. The van der Waals surface area contributed by atoms with Crippen LogP contribution in [0.4, 0.5) is 0 Å². The summed E-state index contributed by atoms with van der Waals surface area (Å²) in [5, 5.41) is 3.32. The third kappa shape index (κ3) is 19.5. The predicted molar refractivity (Wildman–Crippen MR) is 109 cm³/mol. The predicted octanol–water partition coefficient (Wildman–Crippen LogP) is 5.18. The van der Waals surface area contributed by atoms with Crippen molar-refractivity contribution in [2.75, 3.05) is 26.4 Å². The molecule has 0 spiro atoms. The van der Waals surface area contributed by atoms with Gasteiger partial charge in [-0.05, 0) is 25.1 Å². The molecule has 0 aliphatic heterocycles. The largest absolute Gasteiger partial charge is 0.485 e. The van der Waals surface area contributed by atoms with Gasteiger partial charge in [0.05, 0.1) is 6.61 Å². The van der Waals surface area contributed by atoms with Gasteiger partial charge in [0.1, 0.15) is 13.2 Å². The highest BCUT2D eigenvalue weighted by atomic mass is 32.1. The van der Waals surface area contributed by atoms with E-state index in [1.807, 2.05) is 0 Å². The topological polar surface area (TPSA) is 47.6 Å². The van der Waals surface area contributed by atoms with Crippen LogP contribution in [0.2, 0.25) is 0 Å². The molecular formula is C20H39NO3S. The molecule has 0 rings (SSSR count). The van der Waals surface area contributed by atoms with Gasteiger partial charge in [0.2, 0.25) is 5.91 Å². The fraction of sp³-hybridized carbons (Fsp3) is 0.900. The summed E-state index contributed by atoms with van der Waals surface area (Å²) in [6.45, 7) is 6.08. The molecule has 0 radical (unpaired) electrons. The van der Waals surface area contributed by atoms with E-state index in [9.17, 15) is 4.79 Å². The average molecular weight is 374 g/mol. The quantitative estimate of drug-likeness (QED) is 0.265. The second-order valence-electron chi connectivity index (χ2n) is 6.60. The molecule has 5 heteroatoms. The molecule has 0 saturated carbocycles. The summed E-state index contributed by atoms with van der Waals surface area (Å²) >= 11 is 5.10. The van der Waals surface area contributed by atoms with Crippen molar-refractivity contribution in [2.45, 2.75) is 90.9 Å². The van der Waals surface area contributed by atoms with Crippen molar-refractivity contribution in [3.63, 3.8) is 0 Å². The Morgan fingerprint density at radius 1 is 0.800 bits per heavy atom. The standard InChI is InChI=1S/C20H39NO3S/c1-3-5-7-9-11-13-15-21-19(22)17-23-18-20(25)24-16-14-12-10-8-6-4-2/h3-18H2,1-2H3,(H,21,22). The second kappa shape index (κ2) is 19.6. The maximum atomic E-state index is 11.6. The summed E-state index contributed by atoms with van der Waals surface area (Å²) in [6, 6.07) is 0. The Bertz CT molecular complexity index is 294. The molecule has 0 aliphatic rings. The lowest BCUT2D eigenvalue weighted by Gasteiger charge is -2.09. The summed E-state index contributed by atoms with van der Waals surface area (Å²) in [5.74, 6) is -0.0766. The Kier molecular flexibility index (Phi) is 19.1. The normalized spacial score (nSPS) is 10.6. The Balaban J connectivity index is 3.32. The van der Waals surface area contributed by atoms with Crippen LogP contribution < -0.4 is 5.32 Å². The Labute approximate surface area is 160 Å². The maximum absolute atomic E-state index is 11.6. The lowest BCUT2D eigenvalue weighted by atomic mass is 10.1. The number of rotatable bonds is 18. The van der Waals surface area contributed by atoms with Crippen LogP contribution in [0, 0.1) is 0 Å². The molecule has 0 aromatic rings. The Morgan fingerprint density at radius 2 is 1.36 bits per heavy atom. The minimum Gasteiger partial charge on any atom is -0.485 e. The summed E-state index contributed by atoms with van der Waals surface area (Å²) in [5.41, 5.74) is 0. The second-order valence-corrected chi connectivity index (χ2v) is 7.05. The molecule has 0 aromatic carbocycles. The summed E-state index contributed by atoms with van der Waals surface area (Å²) in [7, 11) is 0. The molecule has 0 bridgehead atoms. The maximum Gasteiger partial charge on any atom is 0.246 e. The van der Waals surface area contributed by atoms with Gasteiger partial charge in [-0.3, -0.25) is 4.79 Å². The molecule has 0 fully saturated rings. The van der Waals surface area contributed by atoms with Gasteiger partial charge in [-0.2, -0.15) is 0 Å². The lowest BCUT2D eigenvalue weighted by molar-refractivity contribution is -0.125. The van der Waals surface area contributed by atoms with Gasteiger partial charge in [-0.1, -0.05) is 78.1 Å². The third-order valence-corrected chi connectivity index (χ3v) is 4.30. The van der Waals surface area contributed by atoms with E-state index in [-0.39, 0.29) is 19.1 Å². The van der Waals surface area contributed by atoms with E-state index in [1.165, 1.54) is 64.2 Å². The minimum absolute atomic E-state index is 0.0519. The summed E-state index contributed by atoms with van der Waals surface area (Å²) in [6.07, 6.45) is 14.7. The van der Waals surface area contributed by atoms with E-state index in [4.69, 9.17) is 21.7 Å². The first-order valence-corrected chi connectivity index (χ1v) is 10.6. The fourth-order valence-corrected chi connectivity index (χ4v) is 2.69. The number of amides is 1. The van der Waals surface area contributed by atoms with Gasteiger partial charge in [-0.25, -0.2) is 0 Å². The molecule has 148 valence electrons. The number of carbonyl (C=O) groups is 1. The van der Waals surface area contributed by atoms with E-state index >= 15 is 0 Å². The third-order valence-electron chi connectivity index (χ3n) is 4.07. The van der Waals surface area contributed by atoms with Crippen LogP contribution in [-0.2, 0) is 14.3 Å². The smallest absolute Gasteiger partial charge is 0.246 e. The monoisotopic (exact) mass is 373 g/mol. The molecule has 0 heterocycles. The van der Waals surface area contributed by atoms with E-state index < -0.39 is 0 Å². The van der Waals surface area contributed by atoms with Gasteiger partial charge in [0.15, 0.2) is 5.05 Å². The SMILES string of the molecule is CCCCCCCCNC(=O)COCC(=S)OCCCCCCCC. The van der Waals surface area contributed by atoms with Crippen LogP contribution in [0.1, 0.15) is 90.9 Å². The van der Waals surface area contributed by atoms with Crippen molar-refractivity contribution in [1.29, 1.82) is 0 Å². The zero-order valence-electron chi connectivity index (χ0n) is 16.4. The zero-order valence-corrected chi connectivity index (χ0v) is 17.3. The van der Waals surface area contributed by atoms with Gasteiger partial charge in [0.25, 0.3) is 0 Å². The highest BCUT2D eigenvalue weighted by Crippen LogP contribution is 2.05. The zero-order chi connectivity index (χ0) is 18.6. The number of ether oxygens (including phenoxy) is 2. The van der Waals surface area contributed by atoms with Crippen LogP contribution in [0.3, 0.4) is 0 Å². The van der Waals surface area contributed by atoms with Crippen molar-refractivity contribution in [3.05, 3.63) is 0 Å². The van der Waals surface area contributed by atoms with Crippen LogP contribution in [0.5, 0.6) is 0 Å². The lowest BCUT2D eigenvalue weighted by Crippen LogP contribution is -2.29. The van der Waals surface area contributed by atoms with Crippen LogP contribution in [0.25, 0.3) is 0 Å². The Morgan fingerprint density at radius 3 is 2.00 bits per heavy atom. The summed E-state index contributed by atoms with van der Waals surface area (Å²) < 4.78 is 10.7. The van der Waals surface area contributed by atoms with E-state index in [1.54, 1.807) is 0 Å². The first-order chi connectivity index (χ1) is 12.2. The van der Waals surface area contributed by atoms with Crippen molar-refractivity contribution in [3.8, 4) is 0 Å². The molecular weight excluding hydrogens is 334 g/mol. The number of unbranched alkanes of at least 4 members (excludes halogenated alkanes) is 10. The Hall–Kier alpha value is -0.680. The first kappa shape index (κ1) is 24.3. The van der Waals surface area contributed by atoms with E-state index in [0.29, 0.717) is 11.7 Å². The molecule has 4 nitrogen and oxygen atoms in total. The van der Waals surface area contributed by atoms with Crippen LogP contribution in [0.15, 0.2) is 0 Å². The van der Waals surface area contributed by atoms with Crippen molar-refractivity contribution in [1.82, 2.24) is 5.32 Å². The number of nitrogens with one attached hydrogen (secondary N) is 1. The average Bonchev–Trinajstić information content (AvgIpc) is 2.60. The van der Waals surface area contributed by atoms with Gasteiger partial charge in [0, 0.05) is 6.54 Å². The molecule has 1 amide bonds. The molecule has 0 saturated heterocycles. The molecule has 0 aliphatic carbocycles. The molecule has 25 heavy (non-hydrogen) atoms. The fourth-order valence-electron chi connectivity index (χ4n) is 2.52. The van der Waals surface area contributed by atoms with Gasteiger partial charge >= 0.3 is 0 Å². The van der Waals surface area contributed by atoms with E-state index in [2.05, 4.69) is 19.2 Å². The highest BCUT2D eigenvalue weighted by Gasteiger charge is 2.03. The minimum atomic E-state index is -0.0766. The number of carbonyl (C=O) groups excluding carboxylic acids is 1. The van der Waals surface area contributed by atoms with E-state index in [0.717, 1.165) is 19.4 Å². The molecule has 0 unspecified atom stereocenters. The van der Waals surface area contributed by atoms with Crippen LogP contribution >= 0.6 is 12.2 Å². The molecule has 0 aromatic heterocycles. The molecule has 0 atom stereocenters. The highest BCUT2D eigenvalue weighted by molar-refractivity contribution is 7.80. The first-order valence-electron chi connectivity index (χ1n) is 10.2. The number of thiocarbonyl (C=S) groups is 1. The van der Waals surface area contributed by atoms with Crippen molar-refractivity contribution < 1.29 is 14.3 Å². The number of hydrogen-bond donors (Lipinski definition) is 1. The van der Waals surface area contributed by atoms with Crippen molar-refractivity contribution >= 4 is 23.2 Å².